The fourth-order valence-electron chi connectivity index (χ4n) is 1.49. The first-order valence-electron chi connectivity index (χ1n) is 6.23. The van der Waals surface area contributed by atoms with E-state index in [1.807, 2.05) is 20.8 Å². The van der Waals surface area contributed by atoms with E-state index in [-0.39, 0.29) is 17.9 Å². The van der Waals surface area contributed by atoms with E-state index >= 15 is 0 Å². The van der Waals surface area contributed by atoms with Gasteiger partial charge in [-0.2, -0.15) is 0 Å². The second kappa shape index (κ2) is 6.79. The molecule has 1 aromatic rings. The fraction of sp³-hybridized carbons (Fsp3) is 0.429. The van der Waals surface area contributed by atoms with Crippen LogP contribution in [0.1, 0.15) is 47.9 Å². The molecule has 1 rings (SSSR count). The highest BCUT2D eigenvalue weighted by molar-refractivity contribution is 5.99. The van der Waals surface area contributed by atoms with Crippen LogP contribution in [0.5, 0.6) is 0 Å². The molecule has 0 aliphatic carbocycles. The minimum absolute atomic E-state index is 0.0788. The number of carbonyl (C=O) groups excluding carboxylic acids is 2. The van der Waals surface area contributed by atoms with Gasteiger partial charge in [-0.05, 0) is 38.5 Å². The van der Waals surface area contributed by atoms with E-state index in [4.69, 9.17) is 0 Å². The Morgan fingerprint density at radius 1 is 1.17 bits per heavy atom. The van der Waals surface area contributed by atoms with Gasteiger partial charge in [0.1, 0.15) is 0 Å². The first-order chi connectivity index (χ1) is 8.54. The Morgan fingerprint density at radius 2 is 1.78 bits per heavy atom. The van der Waals surface area contributed by atoms with E-state index in [1.165, 1.54) is 0 Å². The molecule has 0 aliphatic rings. The maximum atomic E-state index is 11.8. The van der Waals surface area contributed by atoms with Crippen molar-refractivity contribution < 1.29 is 9.59 Å². The molecule has 0 aliphatic heterocycles. The molecule has 4 nitrogen and oxygen atoms in total. The maximum Gasteiger partial charge on any atom is 0.251 e. The lowest BCUT2D eigenvalue weighted by Crippen LogP contribution is -2.30. The summed E-state index contributed by atoms with van der Waals surface area (Å²) >= 11 is 0. The highest BCUT2D eigenvalue weighted by Gasteiger charge is 2.10. The van der Waals surface area contributed by atoms with E-state index in [1.54, 1.807) is 24.3 Å². The van der Waals surface area contributed by atoms with Crippen molar-refractivity contribution in [3.05, 3.63) is 35.4 Å². The second-order valence-corrected chi connectivity index (χ2v) is 4.46. The van der Waals surface area contributed by atoms with Crippen LogP contribution < -0.4 is 10.6 Å². The molecule has 0 unspecified atom stereocenters. The molecule has 0 heterocycles. The molecule has 0 fully saturated rings. The van der Waals surface area contributed by atoms with Crippen LogP contribution in [0.4, 0.5) is 0 Å². The number of nitrogens with one attached hydrogen (secondary N) is 2. The highest BCUT2D eigenvalue weighted by Crippen LogP contribution is 2.05. The van der Waals surface area contributed by atoms with Crippen LogP contribution in [0.3, 0.4) is 0 Å². The van der Waals surface area contributed by atoms with Crippen molar-refractivity contribution >= 4 is 11.8 Å². The summed E-state index contributed by atoms with van der Waals surface area (Å²) in [6.07, 6.45) is 0.888. The van der Waals surface area contributed by atoms with Gasteiger partial charge in [0, 0.05) is 23.7 Å². The topological polar surface area (TPSA) is 58.2 Å². The molecule has 0 spiro atoms. The predicted octanol–water partition coefficient (Wildman–Crippen LogP) is 1.96. The van der Waals surface area contributed by atoms with Crippen LogP contribution in [0.25, 0.3) is 0 Å². The minimum Gasteiger partial charge on any atom is -0.352 e. The molecule has 2 N–H and O–H groups in total. The highest BCUT2D eigenvalue weighted by atomic mass is 16.2. The second-order valence-electron chi connectivity index (χ2n) is 4.46. The van der Waals surface area contributed by atoms with Crippen molar-refractivity contribution in [1.29, 1.82) is 0 Å². The van der Waals surface area contributed by atoms with Gasteiger partial charge in [0.2, 0.25) is 0 Å². The molecule has 0 atom stereocenters. The van der Waals surface area contributed by atoms with Gasteiger partial charge >= 0.3 is 0 Å². The Bertz CT molecular complexity index is 428. The first kappa shape index (κ1) is 14.2. The Kier molecular flexibility index (Phi) is 5.36. The van der Waals surface area contributed by atoms with Crippen molar-refractivity contribution in [3.8, 4) is 0 Å². The van der Waals surface area contributed by atoms with Crippen LogP contribution in [-0.2, 0) is 0 Å². The smallest absolute Gasteiger partial charge is 0.251 e. The van der Waals surface area contributed by atoms with Gasteiger partial charge in [0.05, 0.1) is 0 Å². The Balaban J connectivity index is 2.79. The van der Waals surface area contributed by atoms with E-state index in [0.717, 1.165) is 6.42 Å². The van der Waals surface area contributed by atoms with Crippen molar-refractivity contribution in [3.63, 3.8) is 0 Å². The molecule has 98 valence electrons. The normalized spacial score (nSPS) is 10.2. The number of rotatable bonds is 5. The van der Waals surface area contributed by atoms with Crippen LogP contribution in [0, 0.1) is 0 Å². The summed E-state index contributed by atoms with van der Waals surface area (Å²) in [6.45, 7) is 6.43. The molecule has 0 saturated carbocycles. The zero-order valence-electron chi connectivity index (χ0n) is 11.1. The molecular formula is C14H20N2O2. The molecule has 18 heavy (non-hydrogen) atoms. The molecule has 1 aromatic carbocycles. The fourth-order valence-corrected chi connectivity index (χ4v) is 1.49. The molecule has 4 heteroatoms. The van der Waals surface area contributed by atoms with Gasteiger partial charge < -0.3 is 10.6 Å². The van der Waals surface area contributed by atoms with Gasteiger partial charge in [0.25, 0.3) is 11.8 Å². The van der Waals surface area contributed by atoms with Gasteiger partial charge in [-0.1, -0.05) is 13.0 Å². The molecular weight excluding hydrogens is 228 g/mol. The molecule has 0 bridgehead atoms. The Hall–Kier alpha value is -1.84. The lowest BCUT2D eigenvalue weighted by Gasteiger charge is -2.09. The summed E-state index contributed by atoms with van der Waals surface area (Å²) in [4.78, 5) is 23.6. The van der Waals surface area contributed by atoms with Crippen LogP contribution in [0.2, 0.25) is 0 Å². The molecule has 0 saturated heterocycles. The average molecular weight is 248 g/mol. The van der Waals surface area contributed by atoms with Gasteiger partial charge in [-0.15, -0.1) is 0 Å². The zero-order chi connectivity index (χ0) is 13.5. The quantitative estimate of drug-likeness (QED) is 0.837. The first-order valence-corrected chi connectivity index (χ1v) is 6.23. The molecule has 0 aromatic heterocycles. The third kappa shape index (κ3) is 4.20. The number of hydrogen-bond donors (Lipinski definition) is 2. The maximum absolute atomic E-state index is 11.8. The van der Waals surface area contributed by atoms with Gasteiger partial charge in [-0.25, -0.2) is 0 Å². The summed E-state index contributed by atoms with van der Waals surface area (Å²) in [5.74, 6) is -0.300. The molecule has 0 radical (unpaired) electrons. The van der Waals surface area contributed by atoms with E-state index in [0.29, 0.717) is 17.7 Å². The van der Waals surface area contributed by atoms with Crippen LogP contribution in [0.15, 0.2) is 24.3 Å². The number of benzene rings is 1. The van der Waals surface area contributed by atoms with Gasteiger partial charge in [-0.3, -0.25) is 9.59 Å². The van der Waals surface area contributed by atoms with Crippen LogP contribution in [-0.4, -0.2) is 24.4 Å². The van der Waals surface area contributed by atoms with E-state index < -0.39 is 0 Å². The molecule has 2 amide bonds. The summed E-state index contributed by atoms with van der Waals surface area (Å²) in [7, 11) is 0. The van der Waals surface area contributed by atoms with Gasteiger partial charge in [0.15, 0.2) is 0 Å². The third-order valence-corrected chi connectivity index (χ3v) is 2.34. The average Bonchev–Trinajstić information content (AvgIpc) is 2.35. The number of amides is 2. The Labute approximate surface area is 108 Å². The summed E-state index contributed by atoms with van der Waals surface area (Å²) in [5.41, 5.74) is 1.02. The number of hydrogen-bond acceptors (Lipinski definition) is 2. The monoisotopic (exact) mass is 248 g/mol. The van der Waals surface area contributed by atoms with E-state index in [9.17, 15) is 9.59 Å². The van der Waals surface area contributed by atoms with Crippen molar-refractivity contribution in [2.24, 2.45) is 0 Å². The third-order valence-electron chi connectivity index (χ3n) is 2.34. The van der Waals surface area contributed by atoms with Crippen LogP contribution >= 0.6 is 0 Å². The van der Waals surface area contributed by atoms with Crippen molar-refractivity contribution in [2.75, 3.05) is 6.54 Å². The Morgan fingerprint density at radius 3 is 2.33 bits per heavy atom. The minimum atomic E-state index is -0.157. The largest absolute Gasteiger partial charge is 0.352 e. The number of carbonyl (C=O) groups is 2. The standard InChI is InChI=1S/C14H20N2O2/c1-4-8-15-13(17)11-6-5-7-12(9-11)14(18)16-10(2)3/h5-7,9-10H,4,8H2,1-3H3,(H,15,17)(H,16,18). The summed E-state index contributed by atoms with van der Waals surface area (Å²) in [6, 6.07) is 6.82. The van der Waals surface area contributed by atoms with Crippen molar-refractivity contribution in [2.45, 2.75) is 33.2 Å². The lowest BCUT2D eigenvalue weighted by atomic mass is 10.1. The summed E-state index contributed by atoms with van der Waals surface area (Å²) in [5, 5.41) is 5.58. The SMILES string of the molecule is CCCNC(=O)c1cccc(C(=O)NC(C)C)c1. The lowest BCUT2D eigenvalue weighted by molar-refractivity contribution is 0.0943. The van der Waals surface area contributed by atoms with Crippen molar-refractivity contribution in [1.82, 2.24) is 10.6 Å². The summed E-state index contributed by atoms with van der Waals surface area (Å²) < 4.78 is 0. The van der Waals surface area contributed by atoms with E-state index in [2.05, 4.69) is 10.6 Å². The predicted molar refractivity (Wildman–Crippen MR) is 71.7 cm³/mol. The zero-order valence-corrected chi connectivity index (χ0v) is 11.1.